The average Bonchev–Trinajstić information content (AvgIpc) is 2.39. The lowest BCUT2D eigenvalue weighted by Gasteiger charge is -2.05. The fourth-order valence-electron chi connectivity index (χ4n) is 2.39. The van der Waals surface area contributed by atoms with Gasteiger partial charge < -0.3 is 0 Å². The van der Waals surface area contributed by atoms with E-state index in [1.807, 2.05) is 0 Å². The van der Waals surface area contributed by atoms with Gasteiger partial charge in [0, 0.05) is 11.1 Å². The van der Waals surface area contributed by atoms with Crippen LogP contribution in [0.4, 0.5) is 0 Å². The molecular weight excluding hydrogens is 218 g/mol. The number of hydrogen-bond donors (Lipinski definition) is 0. The van der Waals surface area contributed by atoms with Crippen molar-refractivity contribution >= 4 is 0 Å². The first-order valence-corrected chi connectivity index (χ1v) is 7.82. The summed E-state index contributed by atoms with van der Waals surface area (Å²) in [7, 11) is 0. The number of pyridine rings is 1. The number of hydrogen-bond acceptors (Lipinski definition) is 0. The molecule has 0 saturated heterocycles. The van der Waals surface area contributed by atoms with E-state index in [1.54, 1.807) is 0 Å². The summed E-state index contributed by atoms with van der Waals surface area (Å²) < 4.78 is 2.35. The number of aromatic nitrogens is 1. The zero-order valence-corrected chi connectivity index (χ0v) is 12.5. The highest BCUT2D eigenvalue weighted by molar-refractivity contribution is 5.15. The SMILES string of the molecule is CCCCCc1cc(CCCCC)c[n+](CC)c1. The summed E-state index contributed by atoms with van der Waals surface area (Å²) in [4.78, 5) is 0. The Kier molecular flexibility index (Phi) is 7.71. The second kappa shape index (κ2) is 9.13. The maximum absolute atomic E-state index is 2.43. The predicted octanol–water partition coefficient (Wildman–Crippen LogP) is 4.46. The topological polar surface area (TPSA) is 3.88 Å². The van der Waals surface area contributed by atoms with E-state index in [0.717, 1.165) is 6.54 Å². The van der Waals surface area contributed by atoms with Crippen LogP contribution in [-0.4, -0.2) is 0 Å². The highest BCUT2D eigenvalue weighted by atomic mass is 14.9. The molecule has 0 spiro atoms. The van der Waals surface area contributed by atoms with Crippen molar-refractivity contribution in [1.29, 1.82) is 0 Å². The van der Waals surface area contributed by atoms with Crippen LogP contribution in [0.5, 0.6) is 0 Å². The first-order chi connectivity index (χ1) is 8.80. The zero-order chi connectivity index (χ0) is 13.2. The van der Waals surface area contributed by atoms with Gasteiger partial charge in [-0.25, -0.2) is 4.57 Å². The minimum Gasteiger partial charge on any atom is -0.205 e. The van der Waals surface area contributed by atoms with Crippen molar-refractivity contribution in [2.75, 3.05) is 0 Å². The minimum atomic E-state index is 1.09. The second-order valence-corrected chi connectivity index (χ2v) is 5.30. The number of aryl methyl sites for hydroxylation is 3. The Hall–Kier alpha value is -0.850. The molecule has 0 radical (unpaired) electrons. The fraction of sp³-hybridized carbons (Fsp3) is 0.706. The van der Waals surface area contributed by atoms with Crippen LogP contribution in [0.2, 0.25) is 0 Å². The smallest absolute Gasteiger partial charge is 0.171 e. The molecule has 0 aliphatic carbocycles. The molecule has 0 unspecified atom stereocenters. The molecule has 1 nitrogen and oxygen atoms in total. The van der Waals surface area contributed by atoms with Crippen LogP contribution in [0.25, 0.3) is 0 Å². The van der Waals surface area contributed by atoms with Crippen LogP contribution in [0.15, 0.2) is 18.5 Å². The first-order valence-electron chi connectivity index (χ1n) is 7.82. The number of nitrogens with zero attached hydrogens (tertiary/aromatic N) is 1. The van der Waals surface area contributed by atoms with Gasteiger partial charge in [-0.2, -0.15) is 0 Å². The molecule has 0 N–H and O–H groups in total. The van der Waals surface area contributed by atoms with Gasteiger partial charge >= 0.3 is 0 Å². The Labute approximate surface area is 113 Å². The van der Waals surface area contributed by atoms with E-state index >= 15 is 0 Å². The highest BCUT2D eigenvalue weighted by Gasteiger charge is 2.06. The molecule has 1 heterocycles. The molecule has 1 heteroatoms. The average molecular weight is 248 g/mol. The summed E-state index contributed by atoms with van der Waals surface area (Å²) in [6.07, 6.45) is 15.1. The Balaban J connectivity index is 2.62. The Morgan fingerprint density at radius 1 is 0.778 bits per heavy atom. The van der Waals surface area contributed by atoms with Crippen molar-refractivity contribution in [2.45, 2.75) is 78.7 Å². The van der Waals surface area contributed by atoms with E-state index in [0.29, 0.717) is 0 Å². The maximum Gasteiger partial charge on any atom is 0.171 e. The third kappa shape index (κ3) is 5.66. The van der Waals surface area contributed by atoms with Crippen LogP contribution in [0.3, 0.4) is 0 Å². The van der Waals surface area contributed by atoms with E-state index < -0.39 is 0 Å². The molecule has 1 aromatic rings. The Bertz CT molecular complexity index is 302. The Morgan fingerprint density at radius 2 is 1.28 bits per heavy atom. The van der Waals surface area contributed by atoms with Gasteiger partial charge in [0.15, 0.2) is 12.4 Å². The van der Waals surface area contributed by atoms with E-state index in [-0.39, 0.29) is 0 Å². The van der Waals surface area contributed by atoms with Crippen LogP contribution >= 0.6 is 0 Å². The molecule has 102 valence electrons. The van der Waals surface area contributed by atoms with Gasteiger partial charge in [0.2, 0.25) is 0 Å². The van der Waals surface area contributed by atoms with Gasteiger partial charge in [-0.05, 0) is 38.7 Å². The summed E-state index contributed by atoms with van der Waals surface area (Å²) in [6.45, 7) is 7.86. The standard InChI is InChI=1S/C17H30N/c1-4-7-9-11-16-13-17(12-10-8-5-2)15-18(6-3)14-16/h13-15H,4-12H2,1-3H3/q+1. The van der Waals surface area contributed by atoms with E-state index in [4.69, 9.17) is 0 Å². The van der Waals surface area contributed by atoms with E-state index in [2.05, 4.69) is 43.8 Å². The zero-order valence-electron chi connectivity index (χ0n) is 12.5. The van der Waals surface area contributed by atoms with E-state index in [1.165, 1.54) is 62.5 Å². The highest BCUT2D eigenvalue weighted by Crippen LogP contribution is 2.10. The lowest BCUT2D eigenvalue weighted by molar-refractivity contribution is -0.694. The third-order valence-corrected chi connectivity index (χ3v) is 3.54. The van der Waals surface area contributed by atoms with E-state index in [9.17, 15) is 0 Å². The van der Waals surface area contributed by atoms with Crippen molar-refractivity contribution < 1.29 is 4.57 Å². The lowest BCUT2D eigenvalue weighted by atomic mass is 10.0. The summed E-state index contributed by atoms with van der Waals surface area (Å²) in [5.74, 6) is 0. The van der Waals surface area contributed by atoms with Crippen molar-refractivity contribution in [1.82, 2.24) is 0 Å². The predicted molar refractivity (Wildman–Crippen MR) is 78.8 cm³/mol. The molecule has 0 aliphatic heterocycles. The van der Waals surface area contributed by atoms with Crippen molar-refractivity contribution in [2.24, 2.45) is 0 Å². The molecule has 1 aromatic heterocycles. The van der Waals surface area contributed by atoms with Crippen LogP contribution in [0, 0.1) is 0 Å². The van der Waals surface area contributed by atoms with Crippen LogP contribution in [0.1, 0.15) is 70.4 Å². The third-order valence-electron chi connectivity index (χ3n) is 3.54. The summed E-state index contributed by atoms with van der Waals surface area (Å²) in [5, 5.41) is 0. The number of unbranched alkanes of at least 4 members (excludes halogenated alkanes) is 4. The normalized spacial score (nSPS) is 10.8. The first kappa shape index (κ1) is 15.2. The van der Waals surface area contributed by atoms with Gasteiger partial charge in [-0.3, -0.25) is 0 Å². The van der Waals surface area contributed by atoms with Crippen molar-refractivity contribution in [3.8, 4) is 0 Å². The quantitative estimate of drug-likeness (QED) is 0.449. The molecule has 1 rings (SSSR count). The van der Waals surface area contributed by atoms with Crippen LogP contribution in [-0.2, 0) is 19.4 Å². The van der Waals surface area contributed by atoms with Gasteiger partial charge in [-0.1, -0.05) is 39.5 Å². The van der Waals surface area contributed by atoms with Crippen LogP contribution < -0.4 is 4.57 Å². The van der Waals surface area contributed by atoms with Crippen molar-refractivity contribution in [3.05, 3.63) is 29.6 Å². The monoisotopic (exact) mass is 248 g/mol. The van der Waals surface area contributed by atoms with Crippen molar-refractivity contribution in [3.63, 3.8) is 0 Å². The largest absolute Gasteiger partial charge is 0.205 e. The molecule has 0 atom stereocenters. The van der Waals surface area contributed by atoms with Gasteiger partial charge in [0.05, 0.1) is 0 Å². The molecular formula is C17H30N+. The van der Waals surface area contributed by atoms with Gasteiger partial charge in [0.1, 0.15) is 6.54 Å². The summed E-state index contributed by atoms with van der Waals surface area (Å²) in [6, 6.07) is 2.43. The molecule has 0 aliphatic rings. The molecule has 0 fully saturated rings. The molecule has 0 amide bonds. The molecule has 0 saturated carbocycles. The van der Waals surface area contributed by atoms with Gasteiger partial charge in [-0.15, -0.1) is 0 Å². The number of rotatable bonds is 9. The summed E-state index contributed by atoms with van der Waals surface area (Å²) >= 11 is 0. The molecule has 18 heavy (non-hydrogen) atoms. The summed E-state index contributed by atoms with van der Waals surface area (Å²) in [5.41, 5.74) is 3.05. The lowest BCUT2D eigenvalue weighted by Crippen LogP contribution is -2.32. The van der Waals surface area contributed by atoms with Gasteiger partial charge in [0.25, 0.3) is 0 Å². The molecule has 0 aromatic carbocycles. The molecule has 0 bridgehead atoms. The Morgan fingerprint density at radius 3 is 1.67 bits per heavy atom. The maximum atomic E-state index is 2.43. The fourth-order valence-corrected chi connectivity index (χ4v) is 2.39. The minimum absolute atomic E-state index is 1.09. The second-order valence-electron chi connectivity index (χ2n) is 5.30.